The second-order valence-corrected chi connectivity index (χ2v) is 8.28. The monoisotopic (exact) mass is 454 g/mol. The SMILES string of the molecule is COc1ccc(C[C@H](CC(=O)Cc2ccc(Cl)cc2)c2nnn(CCCC(C)=O)n2)cc1. The summed E-state index contributed by atoms with van der Waals surface area (Å²) in [5, 5.41) is 13.5. The average molecular weight is 455 g/mol. The number of nitrogens with zero attached hydrogens (tertiary/aromatic N) is 4. The van der Waals surface area contributed by atoms with Crippen molar-refractivity contribution in [2.75, 3.05) is 7.11 Å². The molecule has 2 aromatic carbocycles. The van der Waals surface area contributed by atoms with E-state index in [1.807, 2.05) is 36.4 Å². The van der Waals surface area contributed by atoms with Crippen LogP contribution in [0.3, 0.4) is 0 Å². The third-order valence-electron chi connectivity index (χ3n) is 5.15. The van der Waals surface area contributed by atoms with Gasteiger partial charge in [-0.05, 0) is 60.4 Å². The summed E-state index contributed by atoms with van der Waals surface area (Å²) in [6, 6.07) is 15.0. The van der Waals surface area contributed by atoms with E-state index in [0.717, 1.165) is 16.9 Å². The highest BCUT2D eigenvalue weighted by atomic mass is 35.5. The number of carbonyl (C=O) groups is 2. The number of aryl methyl sites for hydroxylation is 1. The lowest BCUT2D eigenvalue weighted by Gasteiger charge is -2.13. The Morgan fingerprint density at radius 1 is 1.06 bits per heavy atom. The first kappa shape index (κ1) is 23.6. The number of benzene rings is 2. The third-order valence-corrected chi connectivity index (χ3v) is 5.40. The third kappa shape index (κ3) is 7.27. The lowest BCUT2D eigenvalue weighted by atomic mass is 9.91. The predicted octanol–water partition coefficient (Wildman–Crippen LogP) is 4.23. The molecule has 0 aliphatic carbocycles. The number of hydrogen-bond acceptors (Lipinski definition) is 6. The van der Waals surface area contributed by atoms with Crippen molar-refractivity contribution in [2.24, 2.45) is 0 Å². The van der Waals surface area contributed by atoms with E-state index in [-0.39, 0.29) is 17.5 Å². The van der Waals surface area contributed by atoms with Crippen molar-refractivity contribution < 1.29 is 14.3 Å². The molecule has 0 aliphatic heterocycles. The van der Waals surface area contributed by atoms with Crippen LogP contribution in [0.15, 0.2) is 48.5 Å². The van der Waals surface area contributed by atoms with Crippen molar-refractivity contribution in [3.05, 3.63) is 70.5 Å². The molecule has 32 heavy (non-hydrogen) atoms. The number of halogens is 1. The van der Waals surface area contributed by atoms with Crippen LogP contribution in [0.5, 0.6) is 5.75 Å². The van der Waals surface area contributed by atoms with Gasteiger partial charge in [-0.2, -0.15) is 4.80 Å². The van der Waals surface area contributed by atoms with Gasteiger partial charge >= 0.3 is 0 Å². The van der Waals surface area contributed by atoms with Crippen molar-refractivity contribution in [1.29, 1.82) is 0 Å². The van der Waals surface area contributed by atoms with Crippen LogP contribution in [0.25, 0.3) is 0 Å². The molecule has 8 heteroatoms. The lowest BCUT2D eigenvalue weighted by molar-refractivity contribution is -0.119. The largest absolute Gasteiger partial charge is 0.497 e. The summed E-state index contributed by atoms with van der Waals surface area (Å²) in [6.07, 6.45) is 2.36. The van der Waals surface area contributed by atoms with Gasteiger partial charge in [0.25, 0.3) is 0 Å². The summed E-state index contributed by atoms with van der Waals surface area (Å²) < 4.78 is 5.23. The minimum atomic E-state index is -0.204. The smallest absolute Gasteiger partial charge is 0.178 e. The highest BCUT2D eigenvalue weighted by molar-refractivity contribution is 6.30. The lowest BCUT2D eigenvalue weighted by Crippen LogP contribution is -2.14. The normalized spacial score (nSPS) is 11.8. The molecule has 1 aromatic heterocycles. The molecule has 0 saturated carbocycles. The van der Waals surface area contributed by atoms with E-state index in [2.05, 4.69) is 15.4 Å². The van der Waals surface area contributed by atoms with Gasteiger partial charge in [-0.15, -0.1) is 10.2 Å². The molecular formula is C24H27ClN4O3. The standard InChI is InChI=1S/C24H27ClN4O3/c1-17(30)4-3-13-29-27-24(26-28-29)20(14-18-7-11-23(32-2)12-8-18)16-22(31)15-19-5-9-21(25)10-6-19/h5-12,20H,3-4,13-16H2,1-2H3/t20-/m1/s1. The van der Waals surface area contributed by atoms with Gasteiger partial charge < -0.3 is 9.53 Å². The van der Waals surface area contributed by atoms with Crippen LogP contribution >= 0.6 is 11.6 Å². The summed E-state index contributed by atoms with van der Waals surface area (Å²) in [7, 11) is 1.63. The van der Waals surface area contributed by atoms with E-state index in [0.29, 0.717) is 49.5 Å². The second kappa shape index (κ2) is 11.5. The summed E-state index contributed by atoms with van der Waals surface area (Å²) in [5.74, 6) is 1.34. The molecule has 0 aliphatic rings. The topological polar surface area (TPSA) is 87.0 Å². The summed E-state index contributed by atoms with van der Waals surface area (Å²) in [5.41, 5.74) is 1.98. The molecule has 0 radical (unpaired) electrons. The van der Waals surface area contributed by atoms with Crippen LogP contribution in [-0.4, -0.2) is 38.9 Å². The molecule has 1 atom stereocenters. The summed E-state index contributed by atoms with van der Waals surface area (Å²) >= 11 is 5.94. The fourth-order valence-corrected chi connectivity index (χ4v) is 3.59. The number of methoxy groups -OCH3 is 1. The minimum absolute atomic E-state index is 0.0961. The molecule has 0 unspecified atom stereocenters. The van der Waals surface area contributed by atoms with Crippen molar-refractivity contribution >= 4 is 23.2 Å². The Kier molecular flexibility index (Phi) is 8.50. The van der Waals surface area contributed by atoms with E-state index in [9.17, 15) is 9.59 Å². The zero-order valence-electron chi connectivity index (χ0n) is 18.3. The Labute approximate surface area is 192 Å². The first-order valence-corrected chi connectivity index (χ1v) is 11.0. The zero-order valence-corrected chi connectivity index (χ0v) is 19.1. The van der Waals surface area contributed by atoms with Crippen molar-refractivity contribution in [3.63, 3.8) is 0 Å². The molecule has 0 spiro atoms. The molecular weight excluding hydrogens is 428 g/mol. The first-order chi connectivity index (χ1) is 15.4. The van der Waals surface area contributed by atoms with Gasteiger partial charge in [0.1, 0.15) is 17.3 Å². The van der Waals surface area contributed by atoms with E-state index in [1.54, 1.807) is 26.2 Å². The maximum Gasteiger partial charge on any atom is 0.178 e. The number of aromatic nitrogens is 4. The summed E-state index contributed by atoms with van der Waals surface area (Å²) in [4.78, 5) is 25.5. The zero-order chi connectivity index (χ0) is 22.9. The van der Waals surface area contributed by atoms with E-state index < -0.39 is 0 Å². The van der Waals surface area contributed by atoms with Gasteiger partial charge in [-0.25, -0.2) is 0 Å². The van der Waals surface area contributed by atoms with Crippen LogP contribution in [0.4, 0.5) is 0 Å². The maximum atomic E-state index is 12.9. The number of ether oxygens (including phenoxy) is 1. The Morgan fingerprint density at radius 2 is 1.75 bits per heavy atom. The molecule has 0 bridgehead atoms. The molecule has 0 N–H and O–H groups in total. The van der Waals surface area contributed by atoms with Gasteiger partial charge in [0.2, 0.25) is 0 Å². The van der Waals surface area contributed by atoms with Crippen LogP contribution in [0, 0.1) is 0 Å². The number of carbonyl (C=O) groups excluding carboxylic acids is 2. The Balaban J connectivity index is 1.72. The second-order valence-electron chi connectivity index (χ2n) is 7.84. The average Bonchev–Trinajstić information content (AvgIpc) is 3.24. The fourth-order valence-electron chi connectivity index (χ4n) is 3.46. The number of ketones is 2. The number of hydrogen-bond donors (Lipinski definition) is 0. The van der Waals surface area contributed by atoms with Crippen molar-refractivity contribution in [3.8, 4) is 5.75 Å². The predicted molar refractivity (Wildman–Crippen MR) is 122 cm³/mol. The molecule has 3 rings (SSSR count). The van der Waals surface area contributed by atoms with Gasteiger partial charge in [-0.1, -0.05) is 35.9 Å². The molecule has 1 heterocycles. The molecule has 3 aromatic rings. The van der Waals surface area contributed by atoms with Crippen LogP contribution in [0.2, 0.25) is 5.02 Å². The molecule has 0 saturated heterocycles. The number of tetrazole rings is 1. The minimum Gasteiger partial charge on any atom is -0.497 e. The Bertz CT molecular complexity index is 1030. The van der Waals surface area contributed by atoms with E-state index in [4.69, 9.17) is 16.3 Å². The van der Waals surface area contributed by atoms with Crippen molar-refractivity contribution in [1.82, 2.24) is 20.2 Å². The maximum absolute atomic E-state index is 12.9. The van der Waals surface area contributed by atoms with Gasteiger partial charge in [0, 0.05) is 30.2 Å². The molecule has 168 valence electrons. The van der Waals surface area contributed by atoms with Gasteiger partial charge in [0.15, 0.2) is 5.82 Å². The van der Waals surface area contributed by atoms with Crippen LogP contribution in [-0.2, 0) is 29.0 Å². The van der Waals surface area contributed by atoms with Crippen molar-refractivity contribution in [2.45, 2.75) is 51.5 Å². The Morgan fingerprint density at radius 3 is 2.41 bits per heavy atom. The number of rotatable bonds is 12. The molecule has 0 fully saturated rings. The van der Waals surface area contributed by atoms with Gasteiger partial charge in [-0.3, -0.25) is 4.79 Å². The highest BCUT2D eigenvalue weighted by Crippen LogP contribution is 2.24. The molecule has 0 amide bonds. The van der Waals surface area contributed by atoms with E-state index >= 15 is 0 Å². The Hall–Kier alpha value is -3.06. The molecule has 7 nitrogen and oxygen atoms in total. The van der Waals surface area contributed by atoms with Gasteiger partial charge in [0.05, 0.1) is 13.7 Å². The quantitative estimate of drug-likeness (QED) is 0.407. The fraction of sp³-hybridized carbons (Fsp3) is 0.375. The number of Topliss-reactive ketones (excluding diaryl/α,β-unsaturated/α-hetero) is 2. The summed E-state index contributed by atoms with van der Waals surface area (Å²) in [6.45, 7) is 2.08. The van der Waals surface area contributed by atoms with Crippen LogP contribution in [0.1, 0.15) is 49.1 Å². The first-order valence-electron chi connectivity index (χ1n) is 10.6. The van der Waals surface area contributed by atoms with Crippen LogP contribution < -0.4 is 4.74 Å². The van der Waals surface area contributed by atoms with E-state index in [1.165, 1.54) is 4.80 Å². The highest BCUT2D eigenvalue weighted by Gasteiger charge is 2.22.